The first-order valence-corrected chi connectivity index (χ1v) is 11.5. The summed E-state index contributed by atoms with van der Waals surface area (Å²) in [5, 5.41) is 12.1. The number of unbranched alkanes of at least 4 members (excludes halogenated alkanes) is 2. The lowest BCUT2D eigenvalue weighted by Crippen LogP contribution is -2.56. The van der Waals surface area contributed by atoms with Crippen LogP contribution >= 0.6 is 0 Å². The number of ether oxygens (including phenoxy) is 2. The highest BCUT2D eigenvalue weighted by atomic mass is 16.6. The van der Waals surface area contributed by atoms with E-state index in [9.17, 15) is 14.4 Å². The molecule has 0 saturated carbocycles. The lowest BCUT2D eigenvalue weighted by molar-refractivity contribution is -0.154. The van der Waals surface area contributed by atoms with Crippen molar-refractivity contribution in [2.24, 2.45) is 11.8 Å². The fraction of sp³-hybridized carbons (Fsp3) is 0.864. The number of amides is 2. The topological polar surface area (TPSA) is 105 Å². The molecule has 8 heteroatoms. The number of rotatable bonds is 11. The van der Waals surface area contributed by atoms with Crippen LogP contribution in [0.25, 0.3) is 0 Å². The zero-order valence-electron chi connectivity index (χ0n) is 18.4. The van der Waals surface area contributed by atoms with Crippen molar-refractivity contribution >= 4 is 17.8 Å². The molecule has 2 bridgehead atoms. The fourth-order valence-corrected chi connectivity index (χ4v) is 5.60. The molecule has 0 aromatic carbocycles. The van der Waals surface area contributed by atoms with Crippen LogP contribution in [0.3, 0.4) is 0 Å². The molecular formula is C22H36N2O6. The Balaban J connectivity index is 1.87. The number of nitrogens with zero attached hydrogens (tertiary/aromatic N) is 1. The monoisotopic (exact) mass is 424 g/mol. The summed E-state index contributed by atoms with van der Waals surface area (Å²) in [5.74, 6) is -2.08. The quantitative estimate of drug-likeness (QED) is 0.384. The van der Waals surface area contributed by atoms with E-state index in [1.807, 2.05) is 6.92 Å². The van der Waals surface area contributed by atoms with E-state index in [1.54, 1.807) is 11.8 Å². The number of hydrogen-bond donors (Lipinski definition) is 2. The number of esters is 1. The van der Waals surface area contributed by atoms with E-state index in [4.69, 9.17) is 14.6 Å². The maximum atomic E-state index is 13.5. The van der Waals surface area contributed by atoms with Crippen LogP contribution in [0.1, 0.15) is 65.7 Å². The third kappa shape index (κ3) is 3.96. The standard InChI is InChI=1S/C22H36N2O6/c1-4-9-14(3)23-19(26)18-22-11-10-15(30-22)16(21(28)29-5-2)17(22)20(27)24(18)12-7-6-8-13-25/h14-18,25H,4-13H2,1-3H3,(H,23,26)/t14?,15-,16+,17+,18?,22?/m1/s1. The van der Waals surface area contributed by atoms with Crippen LogP contribution in [-0.2, 0) is 23.9 Å². The molecule has 2 amide bonds. The lowest BCUT2D eigenvalue weighted by Gasteiger charge is -2.34. The van der Waals surface area contributed by atoms with Crippen LogP contribution in [0.15, 0.2) is 0 Å². The van der Waals surface area contributed by atoms with Crippen LogP contribution in [0.5, 0.6) is 0 Å². The van der Waals surface area contributed by atoms with Gasteiger partial charge < -0.3 is 24.8 Å². The molecule has 3 unspecified atom stereocenters. The van der Waals surface area contributed by atoms with Gasteiger partial charge in [-0.2, -0.15) is 0 Å². The Kier molecular flexibility index (Phi) is 7.39. The summed E-state index contributed by atoms with van der Waals surface area (Å²) in [5.41, 5.74) is -0.952. The number of aliphatic hydroxyl groups is 1. The van der Waals surface area contributed by atoms with Gasteiger partial charge in [0.2, 0.25) is 11.8 Å². The zero-order chi connectivity index (χ0) is 21.9. The van der Waals surface area contributed by atoms with Crippen molar-refractivity contribution in [3.63, 3.8) is 0 Å². The Morgan fingerprint density at radius 2 is 2.10 bits per heavy atom. The zero-order valence-corrected chi connectivity index (χ0v) is 18.4. The average molecular weight is 425 g/mol. The van der Waals surface area contributed by atoms with E-state index in [0.717, 1.165) is 19.3 Å². The Morgan fingerprint density at radius 3 is 2.77 bits per heavy atom. The molecule has 0 radical (unpaired) electrons. The first-order valence-electron chi connectivity index (χ1n) is 11.5. The van der Waals surface area contributed by atoms with Crippen LogP contribution in [0.4, 0.5) is 0 Å². The number of aliphatic hydroxyl groups excluding tert-OH is 1. The van der Waals surface area contributed by atoms with Gasteiger partial charge in [0.25, 0.3) is 0 Å². The Bertz CT molecular complexity index is 656. The van der Waals surface area contributed by atoms with Crippen molar-refractivity contribution in [3.8, 4) is 0 Å². The molecule has 30 heavy (non-hydrogen) atoms. The predicted molar refractivity (Wildman–Crippen MR) is 109 cm³/mol. The molecule has 0 aromatic heterocycles. The minimum Gasteiger partial charge on any atom is -0.466 e. The van der Waals surface area contributed by atoms with Gasteiger partial charge in [0.05, 0.1) is 24.5 Å². The second-order valence-corrected chi connectivity index (χ2v) is 8.82. The van der Waals surface area contributed by atoms with Gasteiger partial charge in [0.15, 0.2) is 0 Å². The molecule has 3 aliphatic heterocycles. The second kappa shape index (κ2) is 9.64. The minimum atomic E-state index is -0.952. The molecule has 1 spiro atoms. The number of carbonyl (C=O) groups is 3. The number of nitrogens with one attached hydrogen (secondary N) is 1. The summed E-state index contributed by atoms with van der Waals surface area (Å²) in [6, 6.07) is -0.725. The third-order valence-electron chi connectivity index (χ3n) is 6.77. The Morgan fingerprint density at radius 1 is 1.33 bits per heavy atom. The highest BCUT2D eigenvalue weighted by Gasteiger charge is 2.74. The largest absolute Gasteiger partial charge is 0.466 e. The van der Waals surface area contributed by atoms with Gasteiger partial charge in [-0.05, 0) is 52.4 Å². The minimum absolute atomic E-state index is 0.00347. The van der Waals surface area contributed by atoms with Crippen LogP contribution in [0, 0.1) is 11.8 Å². The highest BCUT2D eigenvalue weighted by Crippen LogP contribution is 2.58. The van der Waals surface area contributed by atoms with E-state index in [2.05, 4.69) is 12.2 Å². The fourth-order valence-electron chi connectivity index (χ4n) is 5.60. The number of carbonyl (C=O) groups excluding carboxylic acids is 3. The maximum absolute atomic E-state index is 13.5. The summed E-state index contributed by atoms with van der Waals surface area (Å²) < 4.78 is 11.6. The Hall–Kier alpha value is -1.67. The normalized spacial score (nSPS) is 32.9. The first kappa shape index (κ1) is 23.0. The molecule has 3 aliphatic rings. The summed E-state index contributed by atoms with van der Waals surface area (Å²) >= 11 is 0. The lowest BCUT2D eigenvalue weighted by atomic mass is 9.70. The van der Waals surface area contributed by atoms with E-state index in [-0.39, 0.29) is 37.2 Å². The van der Waals surface area contributed by atoms with E-state index < -0.39 is 29.4 Å². The van der Waals surface area contributed by atoms with Crippen LogP contribution in [-0.4, -0.2) is 71.3 Å². The highest BCUT2D eigenvalue weighted by molar-refractivity contribution is 5.98. The van der Waals surface area contributed by atoms with Gasteiger partial charge in [-0.15, -0.1) is 0 Å². The van der Waals surface area contributed by atoms with E-state index >= 15 is 0 Å². The van der Waals surface area contributed by atoms with Crippen molar-refractivity contribution in [2.45, 2.75) is 89.5 Å². The van der Waals surface area contributed by atoms with Crippen molar-refractivity contribution in [1.29, 1.82) is 0 Å². The number of hydrogen-bond acceptors (Lipinski definition) is 6. The summed E-state index contributed by atoms with van der Waals surface area (Å²) in [6.45, 7) is 6.55. The van der Waals surface area contributed by atoms with Gasteiger partial charge in [-0.25, -0.2) is 0 Å². The van der Waals surface area contributed by atoms with Crippen molar-refractivity contribution in [3.05, 3.63) is 0 Å². The molecule has 8 nitrogen and oxygen atoms in total. The molecule has 170 valence electrons. The van der Waals surface area contributed by atoms with Crippen molar-refractivity contribution < 1.29 is 29.0 Å². The SMILES string of the molecule is CCCC(C)NC(=O)C1N(CCCCCO)C(=O)[C@@H]2[C@@H](C(=O)OCC)[C@H]3CCC12O3. The van der Waals surface area contributed by atoms with Crippen molar-refractivity contribution in [1.82, 2.24) is 10.2 Å². The van der Waals surface area contributed by atoms with Crippen LogP contribution < -0.4 is 5.32 Å². The molecule has 0 aromatic rings. The number of likely N-dealkylation sites (tertiary alicyclic amines) is 1. The third-order valence-corrected chi connectivity index (χ3v) is 6.77. The number of fused-ring (bicyclic) bond motifs is 1. The molecular weight excluding hydrogens is 388 g/mol. The van der Waals surface area contributed by atoms with Gasteiger partial charge in [0.1, 0.15) is 11.6 Å². The molecule has 3 heterocycles. The smallest absolute Gasteiger partial charge is 0.312 e. The average Bonchev–Trinajstić information content (AvgIpc) is 3.33. The molecule has 3 fully saturated rings. The molecule has 2 N–H and O–H groups in total. The van der Waals surface area contributed by atoms with Gasteiger partial charge in [-0.3, -0.25) is 14.4 Å². The summed E-state index contributed by atoms with van der Waals surface area (Å²) in [4.78, 5) is 41.1. The summed E-state index contributed by atoms with van der Waals surface area (Å²) in [6.07, 6.45) is 4.81. The van der Waals surface area contributed by atoms with Gasteiger partial charge in [-0.1, -0.05) is 13.3 Å². The summed E-state index contributed by atoms with van der Waals surface area (Å²) in [7, 11) is 0. The van der Waals surface area contributed by atoms with Crippen LogP contribution in [0.2, 0.25) is 0 Å². The van der Waals surface area contributed by atoms with E-state index in [1.165, 1.54) is 0 Å². The van der Waals surface area contributed by atoms with Gasteiger partial charge in [0, 0.05) is 19.2 Å². The van der Waals surface area contributed by atoms with Gasteiger partial charge >= 0.3 is 5.97 Å². The maximum Gasteiger partial charge on any atom is 0.312 e. The predicted octanol–water partition coefficient (Wildman–Crippen LogP) is 1.39. The molecule has 3 rings (SSSR count). The van der Waals surface area contributed by atoms with E-state index in [0.29, 0.717) is 32.2 Å². The Labute approximate surface area is 178 Å². The second-order valence-electron chi connectivity index (χ2n) is 8.82. The first-order chi connectivity index (χ1) is 14.4. The molecule has 0 aliphatic carbocycles. The molecule has 3 saturated heterocycles. The molecule has 6 atom stereocenters. The van der Waals surface area contributed by atoms with Crippen molar-refractivity contribution in [2.75, 3.05) is 19.8 Å².